The minimum Gasteiger partial charge on any atom is -0.462 e. The molecular formula is C71H132O6. The van der Waals surface area contributed by atoms with Crippen LogP contribution in [-0.2, 0) is 28.6 Å². The first-order valence-corrected chi connectivity index (χ1v) is 34.5. The van der Waals surface area contributed by atoms with E-state index in [1.807, 2.05) is 0 Å². The lowest BCUT2D eigenvalue weighted by Crippen LogP contribution is -2.30. The summed E-state index contributed by atoms with van der Waals surface area (Å²) >= 11 is 0. The average molecular weight is 1080 g/mol. The van der Waals surface area contributed by atoms with Crippen LogP contribution in [0.4, 0.5) is 0 Å². The molecule has 77 heavy (non-hydrogen) atoms. The molecule has 0 aromatic heterocycles. The Kier molecular flexibility index (Phi) is 64.1. The quantitative estimate of drug-likeness (QED) is 0.0261. The van der Waals surface area contributed by atoms with E-state index < -0.39 is 6.10 Å². The van der Waals surface area contributed by atoms with Gasteiger partial charge in [0.2, 0.25) is 0 Å². The maximum absolute atomic E-state index is 12.9. The smallest absolute Gasteiger partial charge is 0.306 e. The van der Waals surface area contributed by atoms with Gasteiger partial charge in [-0.25, -0.2) is 0 Å². The molecule has 0 spiro atoms. The number of unbranched alkanes of at least 4 members (excludes halogenated alkanes) is 47. The van der Waals surface area contributed by atoms with Gasteiger partial charge in [-0.2, -0.15) is 0 Å². The third-order valence-corrected chi connectivity index (χ3v) is 15.6. The molecule has 0 radical (unpaired) electrons. The van der Waals surface area contributed by atoms with E-state index in [0.29, 0.717) is 19.3 Å². The van der Waals surface area contributed by atoms with Crippen molar-refractivity contribution in [1.29, 1.82) is 0 Å². The van der Waals surface area contributed by atoms with E-state index in [1.54, 1.807) is 0 Å². The van der Waals surface area contributed by atoms with Gasteiger partial charge in [0, 0.05) is 19.3 Å². The highest BCUT2D eigenvalue weighted by Crippen LogP contribution is 2.18. The van der Waals surface area contributed by atoms with Crippen molar-refractivity contribution in [2.24, 2.45) is 0 Å². The molecule has 0 aliphatic heterocycles. The Balaban J connectivity index is 4.02. The molecule has 1 unspecified atom stereocenters. The second kappa shape index (κ2) is 66.1. The third-order valence-electron chi connectivity index (χ3n) is 15.6. The molecule has 0 bridgehead atoms. The maximum Gasteiger partial charge on any atom is 0.306 e. The van der Waals surface area contributed by atoms with E-state index in [2.05, 4.69) is 57.2 Å². The minimum atomic E-state index is -0.775. The molecule has 0 fully saturated rings. The van der Waals surface area contributed by atoms with Gasteiger partial charge in [0.05, 0.1) is 0 Å². The van der Waals surface area contributed by atoms with Crippen LogP contribution in [0, 0.1) is 0 Å². The molecule has 6 nitrogen and oxygen atoms in total. The molecule has 0 aromatic carbocycles. The fourth-order valence-electron chi connectivity index (χ4n) is 10.5. The summed E-state index contributed by atoms with van der Waals surface area (Å²) in [5, 5.41) is 0. The van der Waals surface area contributed by atoms with Gasteiger partial charge in [0.1, 0.15) is 13.2 Å². The standard InChI is InChI=1S/C71H132O6/c1-4-7-10-13-16-18-20-22-24-26-28-30-31-32-33-34-35-36-37-38-39-41-42-44-46-48-50-52-55-58-61-64-70(73)76-67-68(66-75-69(72)63-60-57-54-15-12-9-6-3)77-71(74)65-62-59-56-53-51-49-47-45-43-40-29-27-25-23-21-19-17-14-11-8-5-2/h21,23,27,29,43,45,68H,4-20,22,24-26,28,30-42,44,46-67H2,1-3H3/b23-21-,29-27-,45-43-. The Morgan fingerprint density at radius 2 is 0.468 bits per heavy atom. The van der Waals surface area contributed by atoms with Crippen molar-refractivity contribution in [3.63, 3.8) is 0 Å². The van der Waals surface area contributed by atoms with E-state index in [0.717, 1.165) is 77.0 Å². The van der Waals surface area contributed by atoms with Gasteiger partial charge in [0.15, 0.2) is 6.10 Å². The molecule has 1 atom stereocenters. The van der Waals surface area contributed by atoms with Crippen LogP contribution >= 0.6 is 0 Å². The second-order valence-electron chi connectivity index (χ2n) is 23.5. The molecule has 0 N–H and O–H groups in total. The summed E-state index contributed by atoms with van der Waals surface area (Å²) in [6, 6.07) is 0. The molecule has 0 aliphatic carbocycles. The topological polar surface area (TPSA) is 78.9 Å². The van der Waals surface area contributed by atoms with Crippen molar-refractivity contribution in [3.8, 4) is 0 Å². The number of hydrogen-bond donors (Lipinski definition) is 0. The van der Waals surface area contributed by atoms with Crippen molar-refractivity contribution in [2.75, 3.05) is 13.2 Å². The van der Waals surface area contributed by atoms with Crippen LogP contribution in [-0.4, -0.2) is 37.2 Å². The van der Waals surface area contributed by atoms with Gasteiger partial charge >= 0.3 is 17.9 Å². The van der Waals surface area contributed by atoms with E-state index >= 15 is 0 Å². The number of carbonyl (C=O) groups is 3. The fraction of sp³-hybridized carbons (Fsp3) is 0.873. The Morgan fingerprint density at radius 1 is 0.260 bits per heavy atom. The zero-order chi connectivity index (χ0) is 55.7. The molecule has 6 heteroatoms. The number of carbonyl (C=O) groups excluding carboxylic acids is 3. The molecule has 0 rings (SSSR count). The molecule has 0 saturated carbocycles. The highest BCUT2D eigenvalue weighted by Gasteiger charge is 2.19. The van der Waals surface area contributed by atoms with Crippen LogP contribution in [0.5, 0.6) is 0 Å². The molecule has 0 aromatic rings. The van der Waals surface area contributed by atoms with Crippen molar-refractivity contribution >= 4 is 17.9 Å². The van der Waals surface area contributed by atoms with E-state index in [1.165, 1.54) is 263 Å². The van der Waals surface area contributed by atoms with Crippen LogP contribution < -0.4 is 0 Å². The van der Waals surface area contributed by atoms with Crippen molar-refractivity contribution < 1.29 is 28.6 Å². The first kappa shape index (κ1) is 74.6. The number of esters is 3. The van der Waals surface area contributed by atoms with Crippen LogP contribution in [0.15, 0.2) is 36.5 Å². The van der Waals surface area contributed by atoms with Crippen molar-refractivity contribution in [2.45, 2.75) is 386 Å². The predicted molar refractivity (Wildman–Crippen MR) is 335 cm³/mol. The van der Waals surface area contributed by atoms with Gasteiger partial charge in [-0.05, 0) is 57.8 Å². The van der Waals surface area contributed by atoms with Crippen molar-refractivity contribution in [3.05, 3.63) is 36.5 Å². The number of allylic oxidation sites excluding steroid dienone is 6. The largest absolute Gasteiger partial charge is 0.462 e. The predicted octanol–water partition coefficient (Wildman–Crippen LogP) is 23.6. The summed E-state index contributed by atoms with van der Waals surface area (Å²) < 4.78 is 16.9. The highest BCUT2D eigenvalue weighted by molar-refractivity contribution is 5.71. The van der Waals surface area contributed by atoms with E-state index in [-0.39, 0.29) is 31.1 Å². The molecular weight excluding hydrogens is 949 g/mol. The lowest BCUT2D eigenvalue weighted by Gasteiger charge is -2.18. The maximum atomic E-state index is 12.9. The first-order chi connectivity index (χ1) is 38.0. The summed E-state index contributed by atoms with van der Waals surface area (Å²) in [6.07, 6.45) is 82.1. The normalized spacial score (nSPS) is 12.2. The molecule has 0 heterocycles. The van der Waals surface area contributed by atoms with E-state index in [4.69, 9.17) is 14.2 Å². The van der Waals surface area contributed by atoms with Gasteiger partial charge in [-0.1, -0.05) is 340 Å². The molecule has 0 saturated heterocycles. The minimum absolute atomic E-state index is 0.0731. The molecule has 452 valence electrons. The van der Waals surface area contributed by atoms with Crippen molar-refractivity contribution in [1.82, 2.24) is 0 Å². The number of ether oxygens (including phenoxy) is 3. The van der Waals surface area contributed by atoms with Crippen LogP contribution in [0.3, 0.4) is 0 Å². The van der Waals surface area contributed by atoms with Gasteiger partial charge < -0.3 is 14.2 Å². The van der Waals surface area contributed by atoms with Crippen LogP contribution in [0.1, 0.15) is 380 Å². The number of rotatable bonds is 64. The third kappa shape index (κ3) is 64.3. The first-order valence-electron chi connectivity index (χ1n) is 34.5. The fourth-order valence-corrected chi connectivity index (χ4v) is 10.5. The van der Waals surface area contributed by atoms with Gasteiger partial charge in [-0.3, -0.25) is 14.4 Å². The highest BCUT2D eigenvalue weighted by atomic mass is 16.6. The molecule has 0 aliphatic rings. The number of hydrogen-bond acceptors (Lipinski definition) is 6. The Morgan fingerprint density at radius 3 is 0.727 bits per heavy atom. The van der Waals surface area contributed by atoms with Crippen LogP contribution in [0.2, 0.25) is 0 Å². The summed E-state index contributed by atoms with van der Waals surface area (Å²) in [5.41, 5.74) is 0. The van der Waals surface area contributed by atoms with Crippen LogP contribution in [0.25, 0.3) is 0 Å². The Labute approximate surface area is 480 Å². The summed E-state index contributed by atoms with van der Waals surface area (Å²) in [4.78, 5) is 38.1. The lowest BCUT2D eigenvalue weighted by atomic mass is 10.0. The zero-order valence-corrected chi connectivity index (χ0v) is 52.0. The summed E-state index contributed by atoms with van der Waals surface area (Å²) in [5.74, 6) is -0.870. The summed E-state index contributed by atoms with van der Waals surface area (Å²) in [7, 11) is 0. The monoisotopic (exact) mass is 1080 g/mol. The summed E-state index contributed by atoms with van der Waals surface area (Å²) in [6.45, 7) is 6.64. The second-order valence-corrected chi connectivity index (χ2v) is 23.5. The van der Waals surface area contributed by atoms with E-state index in [9.17, 15) is 14.4 Å². The average Bonchev–Trinajstić information content (AvgIpc) is 3.43. The Hall–Kier alpha value is -2.37. The zero-order valence-electron chi connectivity index (χ0n) is 52.0. The molecule has 0 amide bonds. The Bertz CT molecular complexity index is 1290. The van der Waals surface area contributed by atoms with Gasteiger partial charge in [-0.15, -0.1) is 0 Å². The van der Waals surface area contributed by atoms with Gasteiger partial charge in [0.25, 0.3) is 0 Å². The SMILES string of the molecule is CCCCCCC/C=C\C/C=C\C/C=C\CCCCCCCCC(=O)OC(COC(=O)CCCCCCCCC)COC(=O)CCCCCCCCCCCCCCCCCCCCCCCCCCCCCCCCC. The lowest BCUT2D eigenvalue weighted by molar-refractivity contribution is -0.167.